The lowest BCUT2D eigenvalue weighted by Crippen LogP contribution is -2.01. The highest BCUT2D eigenvalue weighted by Gasteiger charge is 2.15. The third-order valence-corrected chi connectivity index (χ3v) is 3.64. The van der Waals surface area contributed by atoms with Crippen LogP contribution in [0.1, 0.15) is 0 Å². The van der Waals surface area contributed by atoms with Gasteiger partial charge in [-0.15, -0.1) is 11.3 Å². The number of hydrogen-bond donors (Lipinski definition) is 2. The first-order chi connectivity index (χ1) is 9.58. The van der Waals surface area contributed by atoms with Crippen molar-refractivity contribution in [1.82, 2.24) is 4.98 Å². The van der Waals surface area contributed by atoms with Crippen LogP contribution in [0.2, 0.25) is 0 Å². The first-order valence-corrected chi connectivity index (χ1v) is 6.48. The second-order valence-corrected chi connectivity index (χ2v) is 4.96. The van der Waals surface area contributed by atoms with E-state index in [-0.39, 0.29) is 5.69 Å². The molecule has 0 saturated carbocycles. The van der Waals surface area contributed by atoms with Gasteiger partial charge in [-0.05, 0) is 24.3 Å². The zero-order valence-electron chi connectivity index (χ0n) is 9.95. The maximum absolute atomic E-state index is 13.6. The van der Waals surface area contributed by atoms with Crippen molar-refractivity contribution in [1.29, 1.82) is 0 Å². The Labute approximate surface area is 115 Å². The van der Waals surface area contributed by atoms with Gasteiger partial charge in [0.2, 0.25) is 0 Å². The quantitative estimate of drug-likeness (QED) is 0.554. The topological polar surface area (TPSA) is 50.9 Å². The number of anilines is 3. The monoisotopic (exact) mass is 295 g/mol. The van der Waals surface area contributed by atoms with Crippen LogP contribution in [-0.4, -0.2) is 4.98 Å². The number of halogens is 3. The van der Waals surface area contributed by atoms with E-state index in [1.54, 1.807) is 17.6 Å². The molecular formula is C13H8F3N3S. The van der Waals surface area contributed by atoms with Crippen LogP contribution in [0.4, 0.5) is 30.2 Å². The lowest BCUT2D eigenvalue weighted by molar-refractivity contribution is 0.449. The van der Waals surface area contributed by atoms with Crippen LogP contribution in [0.25, 0.3) is 10.2 Å². The van der Waals surface area contributed by atoms with E-state index in [1.165, 1.54) is 11.3 Å². The van der Waals surface area contributed by atoms with E-state index >= 15 is 0 Å². The molecule has 102 valence electrons. The van der Waals surface area contributed by atoms with Crippen LogP contribution in [0, 0.1) is 17.5 Å². The number of nitrogens with two attached hydrogens (primary N) is 1. The molecule has 2 aromatic carbocycles. The van der Waals surface area contributed by atoms with Gasteiger partial charge in [0.25, 0.3) is 0 Å². The molecule has 0 radical (unpaired) electrons. The van der Waals surface area contributed by atoms with Gasteiger partial charge in [-0.2, -0.15) is 0 Å². The summed E-state index contributed by atoms with van der Waals surface area (Å²) in [6, 6.07) is 5.36. The van der Waals surface area contributed by atoms with Gasteiger partial charge >= 0.3 is 0 Å². The highest BCUT2D eigenvalue weighted by atomic mass is 32.1. The van der Waals surface area contributed by atoms with Gasteiger partial charge in [0, 0.05) is 0 Å². The minimum absolute atomic E-state index is 0.190. The molecule has 3 nitrogen and oxygen atoms in total. The summed E-state index contributed by atoms with van der Waals surface area (Å²) in [7, 11) is 0. The Morgan fingerprint density at radius 2 is 1.75 bits per heavy atom. The summed E-state index contributed by atoms with van der Waals surface area (Å²) in [6.45, 7) is 0. The fourth-order valence-corrected chi connectivity index (χ4v) is 2.52. The van der Waals surface area contributed by atoms with Crippen molar-refractivity contribution < 1.29 is 13.2 Å². The third-order valence-electron chi connectivity index (χ3n) is 2.85. The number of hydrogen-bond acceptors (Lipinski definition) is 4. The molecule has 3 N–H and O–H groups in total. The molecule has 3 aromatic rings. The van der Waals surface area contributed by atoms with E-state index in [1.807, 2.05) is 0 Å². The number of thiazole rings is 1. The Kier molecular flexibility index (Phi) is 2.98. The molecule has 0 atom stereocenters. The molecule has 20 heavy (non-hydrogen) atoms. The largest absolute Gasteiger partial charge is 0.395 e. The maximum Gasteiger partial charge on any atom is 0.196 e. The van der Waals surface area contributed by atoms with Crippen molar-refractivity contribution >= 4 is 38.6 Å². The van der Waals surface area contributed by atoms with E-state index in [0.717, 1.165) is 16.8 Å². The molecule has 0 bridgehead atoms. The number of nitrogen functional groups attached to an aromatic ring is 1. The number of nitrogens with zero attached hydrogens (tertiary/aromatic N) is 1. The predicted molar refractivity (Wildman–Crippen MR) is 73.6 cm³/mol. The van der Waals surface area contributed by atoms with Gasteiger partial charge in [0.1, 0.15) is 5.52 Å². The molecule has 0 saturated heterocycles. The van der Waals surface area contributed by atoms with Gasteiger partial charge in [-0.25, -0.2) is 18.2 Å². The highest BCUT2D eigenvalue weighted by molar-refractivity contribution is 7.16. The van der Waals surface area contributed by atoms with Gasteiger partial charge in [-0.3, -0.25) is 0 Å². The number of aromatic nitrogens is 1. The van der Waals surface area contributed by atoms with E-state index in [2.05, 4.69) is 10.3 Å². The first kappa shape index (κ1) is 12.7. The number of nitrogens with one attached hydrogen (secondary N) is 1. The molecule has 0 aliphatic carbocycles. The molecule has 1 heterocycles. The Balaban J connectivity index is 2.05. The van der Waals surface area contributed by atoms with Crippen LogP contribution >= 0.6 is 11.3 Å². The molecule has 0 unspecified atom stereocenters. The van der Waals surface area contributed by atoms with Gasteiger partial charge in [-0.1, -0.05) is 0 Å². The van der Waals surface area contributed by atoms with E-state index in [9.17, 15) is 13.2 Å². The summed E-state index contributed by atoms with van der Waals surface area (Å²) in [4.78, 5) is 4.10. The van der Waals surface area contributed by atoms with Crippen molar-refractivity contribution in [2.45, 2.75) is 0 Å². The zero-order chi connectivity index (χ0) is 14.3. The second-order valence-electron chi connectivity index (χ2n) is 4.07. The molecule has 3 rings (SSSR count). The molecule has 0 spiro atoms. The third kappa shape index (κ3) is 1.96. The van der Waals surface area contributed by atoms with E-state index in [4.69, 9.17) is 5.73 Å². The molecule has 0 aliphatic rings. The fraction of sp³-hybridized carbons (Fsp3) is 0. The Bertz CT molecular complexity index is 801. The summed E-state index contributed by atoms with van der Waals surface area (Å²) in [6.07, 6.45) is 0. The standard InChI is InChI=1S/C13H8F3N3S/c14-6-1-2-7(11(16)10(6)15)19-8-3-4-9-13(12(8)17)18-5-20-9/h1-5,19H,17H2. The van der Waals surface area contributed by atoms with Crippen molar-refractivity contribution in [3.8, 4) is 0 Å². The van der Waals surface area contributed by atoms with Crippen LogP contribution < -0.4 is 11.1 Å². The Morgan fingerprint density at radius 1 is 1.00 bits per heavy atom. The Morgan fingerprint density at radius 3 is 2.55 bits per heavy atom. The zero-order valence-corrected chi connectivity index (χ0v) is 10.8. The number of fused-ring (bicyclic) bond motifs is 1. The predicted octanol–water partition coefficient (Wildman–Crippen LogP) is 4.04. The maximum atomic E-state index is 13.6. The average molecular weight is 295 g/mol. The van der Waals surface area contributed by atoms with Gasteiger partial charge < -0.3 is 11.1 Å². The summed E-state index contributed by atoms with van der Waals surface area (Å²) >= 11 is 1.42. The summed E-state index contributed by atoms with van der Waals surface area (Å²) in [5, 5.41) is 2.65. The van der Waals surface area contributed by atoms with E-state index < -0.39 is 17.5 Å². The molecular weight excluding hydrogens is 287 g/mol. The molecule has 0 fully saturated rings. The minimum Gasteiger partial charge on any atom is -0.395 e. The van der Waals surface area contributed by atoms with Crippen molar-refractivity contribution in [3.05, 3.63) is 47.2 Å². The number of rotatable bonds is 2. The van der Waals surface area contributed by atoms with Crippen LogP contribution in [0.15, 0.2) is 29.8 Å². The van der Waals surface area contributed by atoms with E-state index in [0.29, 0.717) is 16.9 Å². The summed E-state index contributed by atoms with van der Waals surface area (Å²) in [5.41, 5.74) is 8.67. The summed E-state index contributed by atoms with van der Waals surface area (Å²) in [5.74, 6) is -4.05. The SMILES string of the molecule is Nc1c(Nc2ccc(F)c(F)c2F)ccc2scnc12. The second kappa shape index (κ2) is 4.68. The average Bonchev–Trinajstić information content (AvgIpc) is 2.91. The molecule has 1 aromatic heterocycles. The molecule has 7 heteroatoms. The summed E-state index contributed by atoms with van der Waals surface area (Å²) < 4.78 is 40.5. The smallest absolute Gasteiger partial charge is 0.196 e. The molecule has 0 aliphatic heterocycles. The first-order valence-electron chi connectivity index (χ1n) is 5.60. The van der Waals surface area contributed by atoms with Crippen LogP contribution in [-0.2, 0) is 0 Å². The van der Waals surface area contributed by atoms with Crippen LogP contribution in [0.3, 0.4) is 0 Å². The van der Waals surface area contributed by atoms with Crippen LogP contribution in [0.5, 0.6) is 0 Å². The number of benzene rings is 2. The lowest BCUT2D eigenvalue weighted by atomic mass is 10.2. The van der Waals surface area contributed by atoms with Gasteiger partial charge in [0.15, 0.2) is 17.5 Å². The van der Waals surface area contributed by atoms with Gasteiger partial charge in [0.05, 0.1) is 27.3 Å². The molecule has 0 amide bonds. The highest BCUT2D eigenvalue weighted by Crippen LogP contribution is 2.33. The van der Waals surface area contributed by atoms with Crippen molar-refractivity contribution in [2.75, 3.05) is 11.1 Å². The lowest BCUT2D eigenvalue weighted by Gasteiger charge is -2.11. The van der Waals surface area contributed by atoms with Crippen molar-refractivity contribution in [3.63, 3.8) is 0 Å². The Hall–Kier alpha value is -2.28. The normalized spacial score (nSPS) is 10.9. The minimum atomic E-state index is -1.52. The fourth-order valence-electron chi connectivity index (χ4n) is 1.83. The van der Waals surface area contributed by atoms with Crippen molar-refractivity contribution in [2.24, 2.45) is 0 Å².